The molecule has 0 aliphatic carbocycles. The SMILES string of the molecule is CCCCCCCCCCCCCCC(CCCCCCCCCCCCCC)(CSCCC(=O)O)C(=O)O. The van der Waals surface area contributed by atoms with Gasteiger partial charge in [-0.1, -0.05) is 168 Å². The van der Waals surface area contributed by atoms with Crippen molar-refractivity contribution in [1.29, 1.82) is 0 Å². The van der Waals surface area contributed by atoms with E-state index in [-0.39, 0.29) is 6.42 Å². The minimum absolute atomic E-state index is 0.109. The van der Waals surface area contributed by atoms with Crippen LogP contribution >= 0.6 is 11.8 Å². The number of carbonyl (C=O) groups is 2. The van der Waals surface area contributed by atoms with Gasteiger partial charge >= 0.3 is 11.9 Å². The molecule has 0 aliphatic heterocycles. The van der Waals surface area contributed by atoms with Gasteiger partial charge in [-0.15, -0.1) is 0 Å². The van der Waals surface area contributed by atoms with Crippen LogP contribution in [0.5, 0.6) is 0 Å². The minimum atomic E-state index is -0.801. The Kier molecular flexibility index (Phi) is 28.3. The number of carboxylic acid groups (broad SMARTS) is 2. The van der Waals surface area contributed by atoms with Crippen LogP contribution in [0, 0.1) is 5.41 Å². The standard InChI is InChI=1S/C34H66O4S/c1-3-5-7-9-11-13-15-17-19-21-23-25-28-34(33(37)38,31-39-30-27-32(35)36)29-26-24-22-20-18-16-14-12-10-8-6-4-2/h3-31H2,1-2H3,(H,35,36)(H,37,38). The molecule has 5 heteroatoms. The summed E-state index contributed by atoms with van der Waals surface area (Å²) in [7, 11) is 0. The van der Waals surface area contributed by atoms with E-state index in [0.717, 1.165) is 38.5 Å². The molecule has 2 N–H and O–H groups in total. The predicted molar refractivity (Wildman–Crippen MR) is 171 cm³/mol. The Hall–Kier alpha value is -0.710. The second-order valence-electron chi connectivity index (χ2n) is 12.1. The van der Waals surface area contributed by atoms with Crippen LogP contribution in [0.1, 0.15) is 187 Å². The lowest BCUT2D eigenvalue weighted by molar-refractivity contribution is -0.148. The number of carboxylic acids is 2. The first-order valence-corrected chi connectivity index (χ1v) is 18.2. The Balaban J connectivity index is 4.25. The summed E-state index contributed by atoms with van der Waals surface area (Å²) in [6, 6.07) is 0. The summed E-state index contributed by atoms with van der Waals surface area (Å²) < 4.78 is 0. The molecule has 0 saturated carbocycles. The molecule has 0 spiro atoms. The third-order valence-electron chi connectivity index (χ3n) is 8.31. The van der Waals surface area contributed by atoms with Gasteiger partial charge < -0.3 is 10.2 Å². The van der Waals surface area contributed by atoms with E-state index in [1.807, 2.05) is 0 Å². The van der Waals surface area contributed by atoms with E-state index in [0.29, 0.717) is 11.5 Å². The van der Waals surface area contributed by atoms with Crippen molar-refractivity contribution in [2.45, 2.75) is 187 Å². The Bertz CT molecular complexity index is 523. The lowest BCUT2D eigenvalue weighted by Gasteiger charge is -2.29. The number of hydrogen-bond acceptors (Lipinski definition) is 3. The van der Waals surface area contributed by atoms with Gasteiger partial charge in [0.2, 0.25) is 0 Å². The number of hydrogen-bond donors (Lipinski definition) is 2. The predicted octanol–water partition coefficient (Wildman–Crippen LogP) is 11.4. The average molecular weight is 571 g/mol. The second kappa shape index (κ2) is 28.8. The van der Waals surface area contributed by atoms with Gasteiger partial charge in [-0.2, -0.15) is 11.8 Å². The fourth-order valence-corrected chi connectivity index (χ4v) is 6.85. The molecule has 0 aliphatic rings. The van der Waals surface area contributed by atoms with Crippen molar-refractivity contribution in [3.8, 4) is 0 Å². The van der Waals surface area contributed by atoms with E-state index >= 15 is 0 Å². The Morgan fingerprint density at radius 2 is 0.821 bits per heavy atom. The number of rotatable bonds is 32. The largest absolute Gasteiger partial charge is 0.481 e. The Labute approximate surface area is 247 Å². The first-order chi connectivity index (χ1) is 19.0. The molecule has 0 amide bonds. The first kappa shape index (κ1) is 38.3. The number of aliphatic carboxylic acids is 2. The van der Waals surface area contributed by atoms with Crippen LogP contribution in [-0.2, 0) is 9.59 Å². The maximum atomic E-state index is 12.5. The van der Waals surface area contributed by atoms with Crippen molar-refractivity contribution in [2.75, 3.05) is 11.5 Å². The van der Waals surface area contributed by atoms with Crippen LogP contribution in [0.15, 0.2) is 0 Å². The normalized spacial score (nSPS) is 11.7. The van der Waals surface area contributed by atoms with Crippen LogP contribution in [0.4, 0.5) is 0 Å². The quantitative estimate of drug-likeness (QED) is 0.0787. The highest BCUT2D eigenvalue weighted by Crippen LogP contribution is 2.36. The fourth-order valence-electron chi connectivity index (χ4n) is 5.58. The average Bonchev–Trinajstić information content (AvgIpc) is 2.91. The maximum Gasteiger partial charge on any atom is 0.310 e. The van der Waals surface area contributed by atoms with E-state index in [1.54, 1.807) is 0 Å². The molecule has 39 heavy (non-hydrogen) atoms. The summed E-state index contributed by atoms with van der Waals surface area (Å²) in [4.78, 5) is 23.4. The van der Waals surface area contributed by atoms with Crippen molar-refractivity contribution in [3.05, 3.63) is 0 Å². The summed E-state index contributed by atoms with van der Waals surface area (Å²) in [5, 5.41) is 19.2. The van der Waals surface area contributed by atoms with Gasteiger partial charge in [0.15, 0.2) is 0 Å². The van der Waals surface area contributed by atoms with Crippen LogP contribution in [-0.4, -0.2) is 33.7 Å². The van der Waals surface area contributed by atoms with Crippen molar-refractivity contribution < 1.29 is 19.8 Å². The molecule has 0 aromatic rings. The van der Waals surface area contributed by atoms with Crippen molar-refractivity contribution >= 4 is 23.7 Å². The molecule has 0 bridgehead atoms. The summed E-state index contributed by atoms with van der Waals surface area (Å²) in [5.41, 5.74) is -0.694. The highest BCUT2D eigenvalue weighted by Gasteiger charge is 2.37. The molecule has 0 heterocycles. The summed E-state index contributed by atoms with van der Waals surface area (Å²) >= 11 is 1.52. The van der Waals surface area contributed by atoms with Crippen LogP contribution in [0.25, 0.3) is 0 Å². The second-order valence-corrected chi connectivity index (χ2v) is 13.2. The van der Waals surface area contributed by atoms with Crippen LogP contribution < -0.4 is 0 Å². The van der Waals surface area contributed by atoms with Crippen molar-refractivity contribution in [2.24, 2.45) is 5.41 Å². The molecular weight excluding hydrogens is 504 g/mol. The third-order valence-corrected chi connectivity index (χ3v) is 9.56. The van der Waals surface area contributed by atoms with Gasteiger partial charge in [-0.3, -0.25) is 9.59 Å². The summed E-state index contributed by atoms with van der Waals surface area (Å²) in [5.74, 6) is -0.422. The Morgan fingerprint density at radius 1 is 0.513 bits per heavy atom. The molecule has 0 radical (unpaired) electrons. The zero-order chi connectivity index (χ0) is 28.9. The molecule has 0 unspecified atom stereocenters. The maximum absolute atomic E-state index is 12.5. The van der Waals surface area contributed by atoms with Crippen molar-refractivity contribution in [3.63, 3.8) is 0 Å². The smallest absolute Gasteiger partial charge is 0.310 e. The molecule has 0 aromatic heterocycles. The Morgan fingerprint density at radius 3 is 1.10 bits per heavy atom. The van der Waals surface area contributed by atoms with Gasteiger partial charge in [0.25, 0.3) is 0 Å². The third kappa shape index (κ3) is 24.8. The number of thioether (sulfide) groups is 1. The molecule has 0 saturated heterocycles. The lowest BCUT2D eigenvalue weighted by atomic mass is 9.79. The molecule has 232 valence electrons. The zero-order valence-corrected chi connectivity index (χ0v) is 26.9. The fraction of sp³-hybridized carbons (Fsp3) is 0.941. The van der Waals surface area contributed by atoms with Crippen molar-refractivity contribution in [1.82, 2.24) is 0 Å². The van der Waals surface area contributed by atoms with Gasteiger partial charge in [-0.25, -0.2) is 0 Å². The van der Waals surface area contributed by atoms with Gasteiger partial charge in [0.05, 0.1) is 11.8 Å². The van der Waals surface area contributed by atoms with E-state index in [9.17, 15) is 14.7 Å². The van der Waals surface area contributed by atoms with Gasteiger partial charge in [0.1, 0.15) is 0 Å². The summed E-state index contributed by atoms with van der Waals surface area (Å²) in [6.45, 7) is 4.52. The van der Waals surface area contributed by atoms with E-state index < -0.39 is 17.4 Å². The molecule has 0 atom stereocenters. The monoisotopic (exact) mass is 570 g/mol. The molecule has 0 rings (SSSR count). The molecule has 0 aromatic carbocycles. The molecule has 0 fully saturated rings. The molecular formula is C34H66O4S. The van der Waals surface area contributed by atoms with E-state index in [2.05, 4.69) is 13.8 Å². The van der Waals surface area contributed by atoms with Crippen LogP contribution in [0.3, 0.4) is 0 Å². The number of unbranched alkanes of at least 4 members (excludes halogenated alkanes) is 22. The summed E-state index contributed by atoms with van der Waals surface area (Å²) in [6.07, 6.45) is 32.3. The van der Waals surface area contributed by atoms with E-state index in [4.69, 9.17) is 5.11 Å². The van der Waals surface area contributed by atoms with E-state index in [1.165, 1.54) is 140 Å². The van der Waals surface area contributed by atoms with Gasteiger partial charge in [0, 0.05) is 11.5 Å². The highest BCUT2D eigenvalue weighted by atomic mass is 32.2. The topological polar surface area (TPSA) is 74.6 Å². The zero-order valence-electron chi connectivity index (χ0n) is 26.1. The van der Waals surface area contributed by atoms with Gasteiger partial charge in [-0.05, 0) is 12.8 Å². The molecule has 4 nitrogen and oxygen atoms in total. The first-order valence-electron chi connectivity index (χ1n) is 17.0. The minimum Gasteiger partial charge on any atom is -0.481 e. The lowest BCUT2D eigenvalue weighted by Crippen LogP contribution is -2.34. The highest BCUT2D eigenvalue weighted by molar-refractivity contribution is 7.99. The van der Waals surface area contributed by atoms with Crippen LogP contribution in [0.2, 0.25) is 0 Å².